The van der Waals surface area contributed by atoms with Crippen LogP contribution in [0.1, 0.15) is 10.4 Å². The number of benzene rings is 1. The van der Waals surface area contributed by atoms with E-state index in [0.717, 1.165) is 16.0 Å². The summed E-state index contributed by atoms with van der Waals surface area (Å²) in [5.74, 6) is 0.272. The molecule has 0 bridgehead atoms. The van der Waals surface area contributed by atoms with Gasteiger partial charge in [0.25, 0.3) is 5.91 Å². The average molecular weight is 419 g/mol. The van der Waals surface area contributed by atoms with Gasteiger partial charge >= 0.3 is 0 Å². The molecule has 1 aromatic carbocycles. The Balaban J connectivity index is 1.49. The first-order valence-corrected chi connectivity index (χ1v) is 10.7. The van der Waals surface area contributed by atoms with Gasteiger partial charge in [-0.2, -0.15) is 0 Å². The second kappa shape index (κ2) is 7.00. The summed E-state index contributed by atoms with van der Waals surface area (Å²) in [5.41, 5.74) is 6.20. The standard InChI is InChI=1S/C17H17N5O4S2/c1-26-14-3-2-11(6-12(14)16(18)23)28(24,25)21-10-7-22(8-10)17-15-13(4-5-27-15)19-9-20-17/h2-6,9-10,21H,7-8H2,1H3,(H2,18,23). The zero-order valence-corrected chi connectivity index (χ0v) is 16.5. The molecule has 0 aliphatic carbocycles. The van der Waals surface area contributed by atoms with E-state index in [0.29, 0.717) is 13.1 Å². The largest absolute Gasteiger partial charge is 0.496 e. The number of carbonyl (C=O) groups is 1. The van der Waals surface area contributed by atoms with Gasteiger partial charge in [0.15, 0.2) is 0 Å². The number of nitrogens with zero attached hydrogens (tertiary/aromatic N) is 3. The maximum Gasteiger partial charge on any atom is 0.252 e. The van der Waals surface area contributed by atoms with Crippen molar-refractivity contribution in [2.45, 2.75) is 10.9 Å². The molecular formula is C17H17N5O4S2. The Labute approximate surface area is 165 Å². The van der Waals surface area contributed by atoms with E-state index in [1.54, 1.807) is 11.3 Å². The summed E-state index contributed by atoms with van der Waals surface area (Å²) in [7, 11) is -2.43. The zero-order chi connectivity index (χ0) is 19.9. The van der Waals surface area contributed by atoms with Gasteiger partial charge in [0.2, 0.25) is 10.0 Å². The van der Waals surface area contributed by atoms with Crippen molar-refractivity contribution in [3.8, 4) is 5.75 Å². The lowest BCUT2D eigenvalue weighted by atomic mass is 10.1. The smallest absolute Gasteiger partial charge is 0.252 e. The molecule has 2 aromatic heterocycles. The van der Waals surface area contributed by atoms with Crippen LogP contribution in [0.15, 0.2) is 40.9 Å². The molecule has 4 rings (SSSR count). The predicted octanol–water partition coefficient (Wildman–Crippen LogP) is 0.966. The number of aromatic nitrogens is 2. The molecule has 1 aliphatic heterocycles. The number of nitrogens with one attached hydrogen (secondary N) is 1. The van der Waals surface area contributed by atoms with E-state index in [2.05, 4.69) is 14.7 Å². The van der Waals surface area contributed by atoms with Crippen molar-refractivity contribution in [2.75, 3.05) is 25.1 Å². The second-order valence-corrected chi connectivity index (χ2v) is 8.91. The molecule has 28 heavy (non-hydrogen) atoms. The van der Waals surface area contributed by atoms with E-state index in [9.17, 15) is 13.2 Å². The molecule has 9 nitrogen and oxygen atoms in total. The highest BCUT2D eigenvalue weighted by molar-refractivity contribution is 7.89. The summed E-state index contributed by atoms with van der Waals surface area (Å²) >= 11 is 1.55. The van der Waals surface area contributed by atoms with Crippen molar-refractivity contribution in [3.63, 3.8) is 0 Å². The predicted molar refractivity (Wildman–Crippen MR) is 105 cm³/mol. The van der Waals surface area contributed by atoms with Gasteiger partial charge in [-0.05, 0) is 29.6 Å². The second-order valence-electron chi connectivity index (χ2n) is 6.28. The highest BCUT2D eigenvalue weighted by atomic mass is 32.2. The lowest BCUT2D eigenvalue weighted by molar-refractivity contribution is 0.0997. The maximum atomic E-state index is 12.7. The Kier molecular flexibility index (Phi) is 4.65. The monoisotopic (exact) mass is 419 g/mol. The summed E-state index contributed by atoms with van der Waals surface area (Å²) in [6.07, 6.45) is 1.50. The van der Waals surface area contributed by atoms with Gasteiger partial charge in [-0.3, -0.25) is 4.79 Å². The molecule has 1 amide bonds. The number of primary amides is 1. The quantitative estimate of drug-likeness (QED) is 0.609. The minimum atomic E-state index is -3.81. The minimum absolute atomic E-state index is 0.0154. The first-order valence-electron chi connectivity index (χ1n) is 8.32. The number of rotatable bonds is 6. The molecule has 3 aromatic rings. The number of hydrogen-bond acceptors (Lipinski definition) is 8. The van der Waals surface area contributed by atoms with Gasteiger partial charge in [0.05, 0.1) is 33.8 Å². The van der Waals surface area contributed by atoms with Crippen LogP contribution >= 0.6 is 11.3 Å². The molecule has 0 saturated carbocycles. The lowest BCUT2D eigenvalue weighted by Gasteiger charge is -2.40. The Morgan fingerprint density at radius 2 is 2.11 bits per heavy atom. The van der Waals surface area contributed by atoms with Gasteiger partial charge in [-0.25, -0.2) is 23.1 Å². The number of methoxy groups -OCH3 is 1. The minimum Gasteiger partial charge on any atom is -0.496 e. The van der Waals surface area contributed by atoms with Crippen LogP contribution in [0.2, 0.25) is 0 Å². The van der Waals surface area contributed by atoms with E-state index < -0.39 is 15.9 Å². The van der Waals surface area contributed by atoms with Crippen molar-refractivity contribution in [1.82, 2.24) is 14.7 Å². The molecule has 0 spiro atoms. The van der Waals surface area contributed by atoms with Gasteiger partial charge < -0.3 is 15.4 Å². The number of carbonyl (C=O) groups excluding carboxylic acids is 1. The molecule has 146 valence electrons. The summed E-state index contributed by atoms with van der Waals surface area (Å²) in [4.78, 5) is 22.0. The Bertz CT molecular complexity index is 1160. The van der Waals surface area contributed by atoms with E-state index in [1.165, 1.54) is 31.6 Å². The summed E-state index contributed by atoms with van der Waals surface area (Å²) < 4.78 is 34.0. The third-order valence-electron chi connectivity index (χ3n) is 4.47. The van der Waals surface area contributed by atoms with E-state index >= 15 is 0 Å². The van der Waals surface area contributed by atoms with Crippen molar-refractivity contribution >= 4 is 43.3 Å². The van der Waals surface area contributed by atoms with E-state index in [-0.39, 0.29) is 22.3 Å². The topological polar surface area (TPSA) is 128 Å². The number of fused-ring (bicyclic) bond motifs is 1. The fourth-order valence-electron chi connectivity index (χ4n) is 3.06. The third-order valence-corrected chi connectivity index (χ3v) is 6.89. The summed E-state index contributed by atoms with van der Waals surface area (Å²) in [6, 6.07) is 5.67. The average Bonchev–Trinajstić information content (AvgIpc) is 3.12. The normalized spacial score (nSPS) is 14.8. The number of ether oxygens (including phenoxy) is 1. The first kappa shape index (κ1) is 18.6. The molecule has 1 fully saturated rings. The lowest BCUT2D eigenvalue weighted by Crippen LogP contribution is -2.59. The maximum absolute atomic E-state index is 12.7. The number of hydrogen-bond donors (Lipinski definition) is 2. The highest BCUT2D eigenvalue weighted by Crippen LogP contribution is 2.31. The van der Waals surface area contributed by atoms with Crippen molar-refractivity contribution in [3.05, 3.63) is 41.5 Å². The fourth-order valence-corrected chi connectivity index (χ4v) is 5.17. The van der Waals surface area contributed by atoms with Crippen LogP contribution in [-0.4, -0.2) is 50.5 Å². The molecule has 3 N–H and O–H groups in total. The Morgan fingerprint density at radius 3 is 2.82 bits per heavy atom. The molecule has 11 heteroatoms. The molecule has 0 atom stereocenters. The van der Waals surface area contributed by atoms with Crippen LogP contribution < -0.4 is 20.1 Å². The number of thiophene rings is 1. The van der Waals surface area contributed by atoms with Crippen LogP contribution in [0.4, 0.5) is 5.82 Å². The number of anilines is 1. The molecule has 1 saturated heterocycles. The van der Waals surface area contributed by atoms with Gasteiger partial charge in [-0.1, -0.05) is 0 Å². The molecule has 3 heterocycles. The van der Waals surface area contributed by atoms with Crippen LogP contribution in [0, 0.1) is 0 Å². The van der Waals surface area contributed by atoms with Gasteiger partial charge in [0, 0.05) is 13.1 Å². The highest BCUT2D eigenvalue weighted by Gasteiger charge is 2.33. The van der Waals surface area contributed by atoms with Crippen molar-refractivity contribution < 1.29 is 17.9 Å². The van der Waals surface area contributed by atoms with Crippen LogP contribution in [0.5, 0.6) is 5.75 Å². The SMILES string of the molecule is COc1ccc(S(=O)(=O)NC2CN(c3ncnc4ccsc34)C2)cc1C(N)=O. The van der Waals surface area contributed by atoms with Crippen molar-refractivity contribution in [2.24, 2.45) is 5.73 Å². The molecule has 0 unspecified atom stereocenters. The van der Waals surface area contributed by atoms with Crippen LogP contribution in [-0.2, 0) is 10.0 Å². The third kappa shape index (κ3) is 3.28. The number of nitrogens with two attached hydrogens (primary N) is 1. The number of amides is 1. The van der Waals surface area contributed by atoms with E-state index in [4.69, 9.17) is 10.5 Å². The molecule has 1 aliphatic rings. The Morgan fingerprint density at radius 1 is 1.32 bits per heavy atom. The van der Waals surface area contributed by atoms with E-state index in [1.807, 2.05) is 16.3 Å². The molecule has 0 radical (unpaired) electrons. The first-order chi connectivity index (χ1) is 13.4. The fraction of sp³-hybridized carbons (Fsp3) is 0.235. The summed E-state index contributed by atoms with van der Waals surface area (Å²) in [6.45, 7) is 0.976. The van der Waals surface area contributed by atoms with Crippen LogP contribution in [0.3, 0.4) is 0 Å². The van der Waals surface area contributed by atoms with Crippen molar-refractivity contribution in [1.29, 1.82) is 0 Å². The zero-order valence-electron chi connectivity index (χ0n) is 14.8. The summed E-state index contributed by atoms with van der Waals surface area (Å²) in [5, 5.41) is 1.95. The number of sulfonamides is 1. The van der Waals surface area contributed by atoms with Gasteiger partial charge in [-0.15, -0.1) is 11.3 Å². The molecular weight excluding hydrogens is 402 g/mol. The van der Waals surface area contributed by atoms with Gasteiger partial charge in [0.1, 0.15) is 17.9 Å². The Hall–Kier alpha value is -2.76. The van der Waals surface area contributed by atoms with Crippen LogP contribution in [0.25, 0.3) is 10.2 Å².